The third kappa shape index (κ3) is 7.94. The van der Waals surface area contributed by atoms with Crippen LogP contribution in [0.2, 0.25) is 0 Å². The summed E-state index contributed by atoms with van der Waals surface area (Å²) in [5.74, 6) is 2.39. The summed E-state index contributed by atoms with van der Waals surface area (Å²) in [5.41, 5.74) is 0. The van der Waals surface area contributed by atoms with Crippen molar-refractivity contribution in [2.24, 2.45) is 47.3 Å². The molecule has 0 aliphatic carbocycles. The number of carbonyl (C=O) groups excluding carboxylic acids is 1. The molecule has 0 bridgehead atoms. The summed E-state index contributed by atoms with van der Waals surface area (Å²) >= 11 is 0. The molecule has 0 N–H and O–H groups in total. The summed E-state index contributed by atoms with van der Waals surface area (Å²) in [5, 5.41) is 0. The summed E-state index contributed by atoms with van der Waals surface area (Å²) in [6.07, 6.45) is 2.51. The lowest BCUT2D eigenvalue weighted by molar-refractivity contribution is -0.348. The summed E-state index contributed by atoms with van der Waals surface area (Å²) in [6.45, 7) is 26.5. The second kappa shape index (κ2) is 15.4. The summed E-state index contributed by atoms with van der Waals surface area (Å²) in [4.78, 5) is 11.6. The largest absolute Gasteiger partial charge is 0.352 e. The van der Waals surface area contributed by atoms with Gasteiger partial charge in [-0.15, -0.1) is 0 Å². The Morgan fingerprint density at radius 3 is 1.49 bits per heavy atom. The first-order valence-corrected chi connectivity index (χ1v) is 16.7. The fourth-order valence-corrected chi connectivity index (χ4v) is 6.93. The molecule has 0 aromatic heterocycles. The lowest BCUT2D eigenvalue weighted by atomic mass is 9.78. The topological polar surface area (TPSA) is 72.5 Å². The molecule has 7 nitrogen and oxygen atoms in total. The Morgan fingerprint density at radius 1 is 0.610 bits per heavy atom. The highest BCUT2D eigenvalue weighted by atomic mass is 16.7. The Hall–Kier alpha value is -0.570. The van der Waals surface area contributed by atoms with Gasteiger partial charge in [-0.3, -0.25) is 4.79 Å². The third-order valence-electron chi connectivity index (χ3n) is 11.2. The first kappa shape index (κ1) is 34.9. The van der Waals surface area contributed by atoms with Crippen LogP contribution < -0.4 is 0 Å². The van der Waals surface area contributed by atoms with Crippen LogP contribution in [0.15, 0.2) is 0 Å². The SMILES string of the molecule is CCC1OC(OCCC(C)C(C)=O)C(C)[C@@H](C)[C@@H]1O[C@@H]1OC(CC)[C@H](O[C@H]2OC(CC)[C@H](C)[C@H](C)C2C)[C@H](C)C1C. The smallest absolute Gasteiger partial charge is 0.161 e. The molecule has 3 heterocycles. The fourth-order valence-electron chi connectivity index (χ4n) is 6.93. The van der Waals surface area contributed by atoms with Gasteiger partial charge in [0.1, 0.15) is 5.78 Å². The lowest BCUT2D eigenvalue weighted by Gasteiger charge is -2.51. The van der Waals surface area contributed by atoms with Crippen LogP contribution in [0.25, 0.3) is 0 Å². The van der Waals surface area contributed by atoms with Crippen molar-refractivity contribution in [3.8, 4) is 0 Å². The van der Waals surface area contributed by atoms with Crippen molar-refractivity contribution in [3.05, 3.63) is 0 Å². The maximum Gasteiger partial charge on any atom is 0.161 e. The number of ether oxygens (including phenoxy) is 6. The van der Waals surface area contributed by atoms with Crippen molar-refractivity contribution in [3.63, 3.8) is 0 Å². The van der Waals surface area contributed by atoms with Crippen molar-refractivity contribution in [1.29, 1.82) is 0 Å². The standard InChI is InChI=1S/C34H62O7/c1-13-27-20(6)19(5)23(9)33(37-27)40-31-22(8)25(11)34(39-29(31)15-3)41-30-21(7)24(10)32(38-28(30)14-2)36-17-16-18(4)26(12)35/h18-25,27-34H,13-17H2,1-12H3/t18?,19-,20+,21+,22+,23?,24?,25?,27?,28?,29?,30-,31+,32?,33+,34-/m0/s1. The molecule has 3 aliphatic heterocycles. The molecule has 3 rings (SSSR count). The van der Waals surface area contributed by atoms with Gasteiger partial charge in [0, 0.05) is 23.7 Å². The molecular weight excluding hydrogens is 520 g/mol. The zero-order valence-corrected chi connectivity index (χ0v) is 28.1. The molecule has 16 atom stereocenters. The molecule has 0 amide bonds. The van der Waals surface area contributed by atoms with E-state index in [1.807, 2.05) is 6.92 Å². The summed E-state index contributed by atoms with van der Waals surface area (Å²) in [6, 6.07) is 0. The molecule has 3 fully saturated rings. The zero-order chi connectivity index (χ0) is 30.6. The van der Waals surface area contributed by atoms with E-state index in [1.165, 1.54) is 0 Å². The van der Waals surface area contributed by atoms with E-state index in [4.69, 9.17) is 28.4 Å². The molecule has 0 radical (unpaired) electrons. The molecule has 0 saturated carbocycles. The van der Waals surface area contributed by atoms with Gasteiger partial charge < -0.3 is 28.4 Å². The molecule has 41 heavy (non-hydrogen) atoms. The van der Waals surface area contributed by atoms with Crippen LogP contribution in [0.1, 0.15) is 109 Å². The van der Waals surface area contributed by atoms with Gasteiger partial charge in [-0.1, -0.05) is 76.2 Å². The molecule has 3 aliphatic rings. The van der Waals surface area contributed by atoms with E-state index >= 15 is 0 Å². The number of hydrogen-bond donors (Lipinski definition) is 0. The number of carbonyl (C=O) groups is 1. The van der Waals surface area contributed by atoms with Crippen LogP contribution in [0, 0.1) is 47.3 Å². The molecule has 0 aromatic carbocycles. The van der Waals surface area contributed by atoms with E-state index in [0.29, 0.717) is 30.8 Å². The van der Waals surface area contributed by atoms with E-state index < -0.39 is 0 Å². The van der Waals surface area contributed by atoms with E-state index in [9.17, 15) is 4.79 Å². The van der Waals surface area contributed by atoms with Crippen molar-refractivity contribution >= 4 is 5.78 Å². The fraction of sp³-hybridized carbons (Fsp3) is 0.971. The van der Waals surface area contributed by atoms with E-state index in [0.717, 1.165) is 19.3 Å². The molecule has 0 aromatic rings. The zero-order valence-electron chi connectivity index (χ0n) is 28.1. The highest BCUT2D eigenvalue weighted by molar-refractivity contribution is 5.77. The van der Waals surface area contributed by atoms with Crippen molar-refractivity contribution in [1.82, 2.24) is 0 Å². The third-order valence-corrected chi connectivity index (χ3v) is 11.2. The monoisotopic (exact) mass is 582 g/mol. The van der Waals surface area contributed by atoms with Crippen LogP contribution in [0.4, 0.5) is 0 Å². The number of Topliss-reactive ketones (excluding diaryl/α,β-unsaturated/α-hetero) is 1. The molecule has 240 valence electrons. The van der Waals surface area contributed by atoms with Crippen molar-refractivity contribution < 1.29 is 33.2 Å². The van der Waals surface area contributed by atoms with E-state index in [1.54, 1.807) is 6.92 Å². The second-order valence-electron chi connectivity index (χ2n) is 13.7. The van der Waals surface area contributed by atoms with Crippen LogP contribution in [0.5, 0.6) is 0 Å². The highest BCUT2D eigenvalue weighted by Gasteiger charge is 2.49. The van der Waals surface area contributed by atoms with Gasteiger partial charge >= 0.3 is 0 Å². The Morgan fingerprint density at radius 2 is 1.02 bits per heavy atom. The Kier molecular flexibility index (Phi) is 13.1. The van der Waals surface area contributed by atoms with Gasteiger partial charge in [0.05, 0.1) is 37.1 Å². The minimum atomic E-state index is -0.326. The van der Waals surface area contributed by atoms with Crippen molar-refractivity contribution in [2.45, 2.75) is 158 Å². The average molecular weight is 583 g/mol. The quantitative estimate of drug-likeness (QED) is 0.240. The first-order valence-electron chi connectivity index (χ1n) is 16.7. The van der Waals surface area contributed by atoms with Gasteiger partial charge in [0.15, 0.2) is 18.9 Å². The maximum atomic E-state index is 11.6. The van der Waals surface area contributed by atoms with Crippen LogP contribution in [-0.4, -0.2) is 61.8 Å². The minimum Gasteiger partial charge on any atom is -0.352 e. The second-order valence-corrected chi connectivity index (χ2v) is 13.7. The number of ketones is 1. The van der Waals surface area contributed by atoms with Gasteiger partial charge in [0.2, 0.25) is 0 Å². The minimum absolute atomic E-state index is 0.00328. The Bertz CT molecular complexity index is 800. The Balaban J connectivity index is 1.65. The summed E-state index contributed by atoms with van der Waals surface area (Å²) in [7, 11) is 0. The van der Waals surface area contributed by atoms with Crippen molar-refractivity contribution in [2.75, 3.05) is 6.61 Å². The van der Waals surface area contributed by atoms with E-state index in [-0.39, 0.29) is 84.8 Å². The van der Waals surface area contributed by atoms with Crippen LogP contribution in [-0.2, 0) is 33.2 Å². The normalized spacial score (nSPS) is 46.3. The number of rotatable bonds is 12. The molecule has 8 unspecified atom stereocenters. The Labute approximate surface area is 251 Å². The van der Waals surface area contributed by atoms with Crippen LogP contribution >= 0.6 is 0 Å². The van der Waals surface area contributed by atoms with Crippen LogP contribution in [0.3, 0.4) is 0 Å². The molecule has 7 heteroatoms. The summed E-state index contributed by atoms with van der Waals surface area (Å²) < 4.78 is 39.5. The number of hydrogen-bond acceptors (Lipinski definition) is 7. The molecule has 0 spiro atoms. The molecular formula is C34H62O7. The van der Waals surface area contributed by atoms with Gasteiger partial charge in [0.25, 0.3) is 0 Å². The molecule has 3 saturated heterocycles. The van der Waals surface area contributed by atoms with Gasteiger partial charge in [-0.05, 0) is 56.3 Å². The average Bonchev–Trinajstić information content (AvgIpc) is 2.95. The highest BCUT2D eigenvalue weighted by Crippen LogP contribution is 2.43. The predicted molar refractivity (Wildman–Crippen MR) is 161 cm³/mol. The van der Waals surface area contributed by atoms with Gasteiger partial charge in [-0.25, -0.2) is 0 Å². The maximum absolute atomic E-state index is 11.6. The van der Waals surface area contributed by atoms with Gasteiger partial charge in [-0.2, -0.15) is 0 Å². The first-order chi connectivity index (χ1) is 19.4. The van der Waals surface area contributed by atoms with E-state index in [2.05, 4.69) is 69.2 Å². The lowest BCUT2D eigenvalue weighted by Crippen LogP contribution is -2.57. The predicted octanol–water partition coefficient (Wildman–Crippen LogP) is 7.25.